The number of nitrogens with zero attached hydrogens (tertiary/aromatic N) is 3. The Balaban J connectivity index is 1.75. The molecule has 0 aliphatic carbocycles. The van der Waals surface area contributed by atoms with E-state index in [4.69, 9.17) is 11.6 Å². The van der Waals surface area contributed by atoms with Crippen LogP contribution in [0, 0.1) is 0 Å². The third-order valence-electron chi connectivity index (χ3n) is 3.59. The lowest BCUT2D eigenvalue weighted by atomic mass is 10.2. The van der Waals surface area contributed by atoms with Crippen LogP contribution in [0.15, 0.2) is 60.9 Å². The molecule has 6 heteroatoms. The zero-order chi connectivity index (χ0) is 16.4. The van der Waals surface area contributed by atoms with E-state index in [0.717, 1.165) is 21.6 Å². The van der Waals surface area contributed by atoms with Gasteiger partial charge in [0.1, 0.15) is 10.6 Å². The summed E-state index contributed by atoms with van der Waals surface area (Å²) in [7, 11) is 0. The molecule has 0 aliphatic heterocycles. The van der Waals surface area contributed by atoms with Crippen molar-refractivity contribution in [1.82, 2.24) is 15.0 Å². The quantitative estimate of drug-likeness (QED) is 0.560. The van der Waals surface area contributed by atoms with Gasteiger partial charge in [0.05, 0.1) is 9.72 Å². The van der Waals surface area contributed by atoms with E-state index in [9.17, 15) is 0 Å². The van der Waals surface area contributed by atoms with Crippen LogP contribution in [0.25, 0.3) is 21.6 Å². The Morgan fingerprint density at radius 2 is 1.92 bits per heavy atom. The summed E-state index contributed by atoms with van der Waals surface area (Å²) in [6, 6.07) is 15.9. The Labute approximate surface area is 148 Å². The SMILES string of the molecule is Clc1cc2c(NCc3ccccc3)nc(-c3cccnc3)nc2s1. The highest BCUT2D eigenvalue weighted by Crippen LogP contribution is 2.33. The number of rotatable bonds is 4. The lowest BCUT2D eigenvalue weighted by Gasteiger charge is -2.09. The van der Waals surface area contributed by atoms with Crippen molar-refractivity contribution >= 4 is 39.0 Å². The molecule has 0 radical (unpaired) electrons. The number of halogens is 1. The average Bonchev–Trinajstić information content (AvgIpc) is 3.01. The standard InChI is InChI=1S/C18H13ClN4S/c19-15-9-14-17(21-10-12-5-2-1-3-6-12)22-16(23-18(14)24-15)13-7-4-8-20-11-13/h1-9,11H,10H2,(H,21,22,23). The van der Waals surface area contributed by atoms with Crippen LogP contribution in [0.5, 0.6) is 0 Å². The predicted molar refractivity (Wildman–Crippen MR) is 99.4 cm³/mol. The Hall–Kier alpha value is -2.50. The van der Waals surface area contributed by atoms with E-state index in [1.807, 2.05) is 36.4 Å². The maximum absolute atomic E-state index is 6.18. The van der Waals surface area contributed by atoms with Crippen molar-refractivity contribution in [3.63, 3.8) is 0 Å². The molecule has 0 atom stereocenters. The highest BCUT2D eigenvalue weighted by molar-refractivity contribution is 7.22. The molecule has 1 aromatic carbocycles. The molecule has 0 aliphatic rings. The Morgan fingerprint density at radius 1 is 1.04 bits per heavy atom. The maximum atomic E-state index is 6.18. The van der Waals surface area contributed by atoms with Crippen molar-refractivity contribution < 1.29 is 0 Å². The number of fused-ring (bicyclic) bond motifs is 1. The summed E-state index contributed by atoms with van der Waals surface area (Å²) in [6.45, 7) is 0.687. The lowest BCUT2D eigenvalue weighted by molar-refractivity contribution is 1.11. The lowest BCUT2D eigenvalue weighted by Crippen LogP contribution is -2.03. The van der Waals surface area contributed by atoms with Gasteiger partial charge in [0, 0.05) is 24.5 Å². The summed E-state index contributed by atoms with van der Waals surface area (Å²) in [4.78, 5) is 14.3. The van der Waals surface area contributed by atoms with Crippen molar-refractivity contribution in [2.24, 2.45) is 0 Å². The van der Waals surface area contributed by atoms with E-state index in [1.165, 1.54) is 16.9 Å². The minimum absolute atomic E-state index is 0.643. The first-order chi connectivity index (χ1) is 11.8. The van der Waals surface area contributed by atoms with Gasteiger partial charge in [-0.05, 0) is 23.8 Å². The van der Waals surface area contributed by atoms with E-state index in [0.29, 0.717) is 16.7 Å². The first kappa shape index (κ1) is 15.1. The van der Waals surface area contributed by atoms with E-state index >= 15 is 0 Å². The van der Waals surface area contributed by atoms with Gasteiger partial charge in [-0.2, -0.15) is 0 Å². The molecule has 4 nitrogen and oxygen atoms in total. The van der Waals surface area contributed by atoms with Gasteiger partial charge in [0.2, 0.25) is 0 Å². The number of hydrogen-bond acceptors (Lipinski definition) is 5. The molecule has 118 valence electrons. The summed E-state index contributed by atoms with van der Waals surface area (Å²) in [6.07, 6.45) is 3.50. The number of pyridine rings is 1. The van der Waals surface area contributed by atoms with Crippen LogP contribution in [-0.2, 0) is 6.54 Å². The minimum atomic E-state index is 0.643. The van der Waals surface area contributed by atoms with Crippen molar-refractivity contribution in [1.29, 1.82) is 0 Å². The molecule has 0 bridgehead atoms. The van der Waals surface area contributed by atoms with Crippen LogP contribution < -0.4 is 5.32 Å². The smallest absolute Gasteiger partial charge is 0.164 e. The number of nitrogens with one attached hydrogen (secondary N) is 1. The molecule has 4 aromatic rings. The van der Waals surface area contributed by atoms with Crippen molar-refractivity contribution in [2.45, 2.75) is 6.54 Å². The second-order valence-corrected chi connectivity index (χ2v) is 6.91. The van der Waals surface area contributed by atoms with Crippen LogP contribution in [0.4, 0.5) is 5.82 Å². The predicted octanol–water partition coefficient (Wildman–Crippen LogP) is 5.02. The van der Waals surface area contributed by atoms with Gasteiger partial charge in [0.15, 0.2) is 5.82 Å². The molecule has 24 heavy (non-hydrogen) atoms. The van der Waals surface area contributed by atoms with Gasteiger partial charge in [-0.1, -0.05) is 41.9 Å². The van der Waals surface area contributed by atoms with Crippen LogP contribution in [-0.4, -0.2) is 15.0 Å². The summed E-state index contributed by atoms with van der Waals surface area (Å²) in [5, 5.41) is 4.34. The van der Waals surface area contributed by atoms with E-state index in [2.05, 4.69) is 32.4 Å². The van der Waals surface area contributed by atoms with Gasteiger partial charge < -0.3 is 5.32 Å². The molecule has 0 saturated carbocycles. The van der Waals surface area contributed by atoms with Gasteiger partial charge in [-0.15, -0.1) is 11.3 Å². The maximum Gasteiger partial charge on any atom is 0.164 e. The fourth-order valence-corrected chi connectivity index (χ4v) is 3.52. The summed E-state index contributed by atoms with van der Waals surface area (Å²) in [5.41, 5.74) is 2.07. The van der Waals surface area contributed by atoms with Crippen molar-refractivity contribution in [3.05, 3.63) is 70.8 Å². The number of hydrogen-bond donors (Lipinski definition) is 1. The second-order valence-electron chi connectivity index (χ2n) is 5.25. The third-order valence-corrected chi connectivity index (χ3v) is 4.74. The third kappa shape index (κ3) is 3.09. The topological polar surface area (TPSA) is 50.7 Å². The zero-order valence-corrected chi connectivity index (χ0v) is 14.2. The van der Waals surface area contributed by atoms with Crippen LogP contribution >= 0.6 is 22.9 Å². The average molecular weight is 353 g/mol. The summed E-state index contributed by atoms with van der Waals surface area (Å²) >= 11 is 7.63. The molecule has 4 rings (SSSR count). The van der Waals surface area contributed by atoms with Gasteiger partial charge in [-0.3, -0.25) is 4.98 Å². The molecule has 0 amide bonds. The Morgan fingerprint density at radius 3 is 2.71 bits per heavy atom. The Bertz CT molecular complexity index is 970. The molecule has 3 heterocycles. The largest absolute Gasteiger partial charge is 0.365 e. The zero-order valence-electron chi connectivity index (χ0n) is 12.6. The number of thiophene rings is 1. The van der Waals surface area contributed by atoms with Crippen molar-refractivity contribution in [3.8, 4) is 11.4 Å². The summed E-state index contributed by atoms with van der Waals surface area (Å²) in [5.74, 6) is 1.43. The van der Waals surface area contributed by atoms with E-state index < -0.39 is 0 Å². The number of anilines is 1. The molecular formula is C18H13ClN4S. The van der Waals surface area contributed by atoms with Crippen LogP contribution in [0.3, 0.4) is 0 Å². The molecule has 1 N–H and O–H groups in total. The van der Waals surface area contributed by atoms with E-state index in [1.54, 1.807) is 12.4 Å². The van der Waals surface area contributed by atoms with Crippen LogP contribution in [0.1, 0.15) is 5.56 Å². The molecular weight excluding hydrogens is 340 g/mol. The highest BCUT2D eigenvalue weighted by Gasteiger charge is 2.12. The molecule has 0 saturated heterocycles. The van der Waals surface area contributed by atoms with Gasteiger partial charge in [0.25, 0.3) is 0 Å². The normalized spacial score (nSPS) is 10.9. The first-order valence-corrected chi connectivity index (χ1v) is 8.64. The highest BCUT2D eigenvalue weighted by atomic mass is 35.5. The van der Waals surface area contributed by atoms with Crippen molar-refractivity contribution in [2.75, 3.05) is 5.32 Å². The molecule has 0 fully saturated rings. The van der Waals surface area contributed by atoms with Gasteiger partial charge in [-0.25, -0.2) is 9.97 Å². The summed E-state index contributed by atoms with van der Waals surface area (Å²) < 4.78 is 0.699. The monoisotopic (exact) mass is 352 g/mol. The molecule has 0 unspecified atom stereocenters. The fraction of sp³-hybridized carbons (Fsp3) is 0.0556. The second kappa shape index (κ2) is 6.55. The molecule has 3 aromatic heterocycles. The first-order valence-electron chi connectivity index (χ1n) is 7.45. The number of benzene rings is 1. The fourth-order valence-electron chi connectivity index (χ4n) is 2.43. The molecule has 0 spiro atoms. The van der Waals surface area contributed by atoms with E-state index in [-0.39, 0.29) is 0 Å². The Kier molecular flexibility index (Phi) is 4.11. The van der Waals surface area contributed by atoms with Gasteiger partial charge >= 0.3 is 0 Å². The van der Waals surface area contributed by atoms with Crippen LogP contribution in [0.2, 0.25) is 4.34 Å². The number of aromatic nitrogens is 3. The minimum Gasteiger partial charge on any atom is -0.365 e.